The predicted octanol–water partition coefficient (Wildman–Crippen LogP) is 7.45. The van der Waals surface area contributed by atoms with Gasteiger partial charge in [0.25, 0.3) is 5.91 Å². The van der Waals surface area contributed by atoms with Gasteiger partial charge in [0.2, 0.25) is 0 Å². The smallest absolute Gasteiger partial charge is 0.271 e. The molecule has 0 saturated carbocycles. The summed E-state index contributed by atoms with van der Waals surface area (Å²) in [6.45, 7) is 8.09. The fourth-order valence-corrected chi connectivity index (χ4v) is 5.03. The lowest BCUT2D eigenvalue weighted by atomic mass is 10.1. The van der Waals surface area contributed by atoms with Gasteiger partial charge in [-0.1, -0.05) is 48.0 Å². The summed E-state index contributed by atoms with van der Waals surface area (Å²) in [6.07, 6.45) is 3.51. The highest BCUT2D eigenvalue weighted by molar-refractivity contribution is 9.10. The number of ether oxygens (including phenoxy) is 2. The van der Waals surface area contributed by atoms with Gasteiger partial charge in [0, 0.05) is 0 Å². The summed E-state index contributed by atoms with van der Waals surface area (Å²) in [5, 5.41) is 0.603. The van der Waals surface area contributed by atoms with Crippen LogP contribution in [0, 0.1) is 13.8 Å². The zero-order valence-corrected chi connectivity index (χ0v) is 22.2. The molecule has 1 aliphatic heterocycles. The average molecular weight is 549 g/mol. The molecule has 1 aliphatic rings. The summed E-state index contributed by atoms with van der Waals surface area (Å²) in [6, 6.07) is 19.5. The van der Waals surface area contributed by atoms with Gasteiger partial charge in [0.15, 0.2) is 16.7 Å². The van der Waals surface area contributed by atoms with Crippen molar-refractivity contribution in [2.45, 2.75) is 13.8 Å². The molecule has 0 aliphatic carbocycles. The maximum absolute atomic E-state index is 13.6. The molecule has 0 spiro atoms. The van der Waals surface area contributed by atoms with E-state index in [-0.39, 0.29) is 5.91 Å². The van der Waals surface area contributed by atoms with E-state index in [0.29, 0.717) is 28.2 Å². The van der Waals surface area contributed by atoms with E-state index < -0.39 is 0 Å². The van der Waals surface area contributed by atoms with Gasteiger partial charge in [0.1, 0.15) is 6.61 Å². The number of hydrogen-bond acceptors (Lipinski definition) is 5. The van der Waals surface area contributed by atoms with Crippen molar-refractivity contribution in [3.05, 3.63) is 99.4 Å². The number of rotatable bonds is 7. The summed E-state index contributed by atoms with van der Waals surface area (Å²) in [4.78, 5) is 20.6. The number of carbonyl (C=O) groups is 1. The molecule has 3 aromatic carbocycles. The van der Waals surface area contributed by atoms with Gasteiger partial charge in [-0.2, -0.15) is 0 Å². The molecule has 1 saturated heterocycles. The van der Waals surface area contributed by atoms with Crippen LogP contribution in [0.2, 0.25) is 0 Å². The Bertz CT molecular complexity index is 1320. The molecule has 0 radical (unpaired) electrons. The van der Waals surface area contributed by atoms with E-state index in [1.165, 1.54) is 11.8 Å². The van der Waals surface area contributed by atoms with E-state index in [1.54, 1.807) is 18.1 Å². The number of aliphatic imine (C=N–C) groups is 1. The number of amides is 1. The second kappa shape index (κ2) is 11.0. The van der Waals surface area contributed by atoms with Gasteiger partial charge in [-0.05, 0) is 89.6 Å². The molecule has 1 heterocycles. The summed E-state index contributed by atoms with van der Waals surface area (Å²) in [5.74, 6) is 1.02. The molecule has 3 aromatic rings. The van der Waals surface area contributed by atoms with Crippen molar-refractivity contribution in [3.8, 4) is 11.5 Å². The van der Waals surface area contributed by atoms with Crippen molar-refractivity contribution in [2.75, 3.05) is 18.6 Å². The highest BCUT2D eigenvalue weighted by Crippen LogP contribution is 2.40. The number of anilines is 1. The highest BCUT2D eigenvalue weighted by Gasteiger charge is 2.35. The molecule has 7 heteroatoms. The fraction of sp³-hybridized carbons (Fsp3) is 0.143. The zero-order chi connectivity index (χ0) is 24.9. The van der Waals surface area contributed by atoms with Gasteiger partial charge in [-0.15, -0.1) is 0 Å². The van der Waals surface area contributed by atoms with E-state index in [0.717, 1.165) is 32.5 Å². The molecule has 4 rings (SSSR count). The van der Waals surface area contributed by atoms with Crippen LogP contribution >= 0.6 is 27.7 Å². The third-order valence-electron chi connectivity index (χ3n) is 5.25. The van der Waals surface area contributed by atoms with Gasteiger partial charge < -0.3 is 9.47 Å². The summed E-state index contributed by atoms with van der Waals surface area (Å²) >= 11 is 4.90. The molecular weight excluding hydrogens is 524 g/mol. The summed E-state index contributed by atoms with van der Waals surface area (Å²) < 4.78 is 12.0. The maximum Gasteiger partial charge on any atom is 0.271 e. The zero-order valence-electron chi connectivity index (χ0n) is 19.7. The number of methoxy groups -OCH3 is 1. The number of thioether (sulfide) groups is 1. The van der Waals surface area contributed by atoms with Gasteiger partial charge >= 0.3 is 0 Å². The first-order valence-corrected chi connectivity index (χ1v) is 12.6. The molecular formula is C28H25BrN2O3S. The van der Waals surface area contributed by atoms with E-state index >= 15 is 0 Å². The Morgan fingerprint density at radius 2 is 1.71 bits per heavy atom. The number of amidine groups is 1. The predicted molar refractivity (Wildman–Crippen MR) is 149 cm³/mol. The number of nitrogens with zero attached hydrogens (tertiary/aromatic N) is 2. The van der Waals surface area contributed by atoms with Crippen molar-refractivity contribution in [3.63, 3.8) is 0 Å². The molecule has 0 atom stereocenters. The van der Waals surface area contributed by atoms with E-state index in [9.17, 15) is 4.79 Å². The molecule has 1 amide bonds. The minimum atomic E-state index is -0.133. The van der Waals surface area contributed by atoms with Crippen LogP contribution in [0.5, 0.6) is 11.5 Å². The van der Waals surface area contributed by atoms with Crippen molar-refractivity contribution in [1.82, 2.24) is 0 Å². The Morgan fingerprint density at radius 1 is 1.06 bits per heavy atom. The lowest BCUT2D eigenvalue weighted by Crippen LogP contribution is -2.28. The van der Waals surface area contributed by atoms with Crippen LogP contribution in [-0.4, -0.2) is 24.8 Å². The van der Waals surface area contributed by atoms with Crippen LogP contribution in [0.25, 0.3) is 6.08 Å². The monoisotopic (exact) mass is 548 g/mol. The quantitative estimate of drug-likeness (QED) is 0.227. The number of benzene rings is 3. The summed E-state index contributed by atoms with van der Waals surface area (Å²) in [7, 11) is 1.58. The van der Waals surface area contributed by atoms with Crippen LogP contribution in [-0.2, 0) is 4.79 Å². The lowest BCUT2D eigenvalue weighted by Gasteiger charge is -2.16. The molecule has 5 nitrogen and oxygen atoms in total. The Kier molecular flexibility index (Phi) is 7.78. The minimum Gasteiger partial charge on any atom is -0.493 e. The van der Waals surface area contributed by atoms with Crippen LogP contribution in [0.4, 0.5) is 11.4 Å². The van der Waals surface area contributed by atoms with Crippen LogP contribution < -0.4 is 14.4 Å². The molecule has 35 heavy (non-hydrogen) atoms. The number of carbonyl (C=O) groups excluding carboxylic acids is 1. The van der Waals surface area contributed by atoms with E-state index in [2.05, 4.69) is 22.5 Å². The SMILES string of the molecule is C=CCOc1c(Br)cc(/C=C2\SC(=Nc3ccc(C)cc3)N(c3ccc(C)cc3)C2=O)cc1OC. The van der Waals surface area contributed by atoms with Gasteiger partial charge in [0.05, 0.1) is 27.9 Å². The Hall–Kier alpha value is -3.29. The van der Waals surface area contributed by atoms with E-state index in [4.69, 9.17) is 14.5 Å². The minimum absolute atomic E-state index is 0.133. The number of halogens is 1. The molecule has 0 aromatic heterocycles. The third-order valence-corrected chi connectivity index (χ3v) is 6.81. The van der Waals surface area contributed by atoms with Crippen LogP contribution in [0.1, 0.15) is 16.7 Å². The molecule has 0 unspecified atom stereocenters. The normalized spacial score (nSPS) is 15.7. The van der Waals surface area contributed by atoms with Crippen LogP contribution in [0.3, 0.4) is 0 Å². The second-order valence-electron chi connectivity index (χ2n) is 7.95. The first kappa shape index (κ1) is 24.8. The highest BCUT2D eigenvalue weighted by atomic mass is 79.9. The largest absolute Gasteiger partial charge is 0.493 e. The number of aryl methyl sites for hydroxylation is 2. The molecule has 1 fully saturated rings. The third kappa shape index (κ3) is 5.69. The Labute approximate surface area is 218 Å². The summed E-state index contributed by atoms with van der Waals surface area (Å²) in [5.41, 5.74) is 4.64. The van der Waals surface area contributed by atoms with Crippen LogP contribution in [0.15, 0.2) is 87.7 Å². The topological polar surface area (TPSA) is 51.1 Å². The van der Waals surface area contributed by atoms with E-state index in [1.807, 2.05) is 80.6 Å². The Balaban J connectivity index is 1.75. The Morgan fingerprint density at radius 3 is 2.34 bits per heavy atom. The molecule has 0 N–H and O–H groups in total. The van der Waals surface area contributed by atoms with Gasteiger partial charge in [-0.3, -0.25) is 9.69 Å². The van der Waals surface area contributed by atoms with Gasteiger partial charge in [-0.25, -0.2) is 4.99 Å². The van der Waals surface area contributed by atoms with Crippen molar-refractivity contribution in [1.29, 1.82) is 0 Å². The number of hydrogen-bond donors (Lipinski definition) is 0. The maximum atomic E-state index is 13.6. The van der Waals surface area contributed by atoms with Crippen molar-refractivity contribution >= 4 is 56.2 Å². The first-order valence-electron chi connectivity index (χ1n) is 11.0. The average Bonchev–Trinajstić information content (AvgIpc) is 3.14. The molecule has 0 bridgehead atoms. The second-order valence-corrected chi connectivity index (χ2v) is 9.81. The van der Waals surface area contributed by atoms with Crippen molar-refractivity contribution < 1.29 is 14.3 Å². The fourth-order valence-electron chi connectivity index (χ4n) is 3.46. The van der Waals surface area contributed by atoms with Crippen molar-refractivity contribution in [2.24, 2.45) is 4.99 Å². The first-order chi connectivity index (χ1) is 16.9. The standard InChI is InChI=1S/C28H25BrN2O3S/c1-5-14-34-26-23(29)15-20(16-24(26)33-4)17-25-27(32)31(22-12-8-19(3)9-13-22)28(35-25)30-21-10-6-18(2)7-11-21/h5-13,15-17H,1,14H2,2-4H3/b25-17-,30-28?. The molecule has 178 valence electrons. The lowest BCUT2D eigenvalue weighted by molar-refractivity contribution is -0.113.